The SMILES string of the molecule is CCC(=O)Nc1nc2ccc(NC(=S)NC(=O)c3ccc4ccccc4c3)cc2s1. The quantitative estimate of drug-likeness (QED) is 0.397. The smallest absolute Gasteiger partial charge is 0.257 e. The first-order valence-corrected chi connectivity index (χ1v) is 10.6. The van der Waals surface area contributed by atoms with Gasteiger partial charge in [-0.2, -0.15) is 0 Å². The second kappa shape index (κ2) is 8.56. The van der Waals surface area contributed by atoms with Crippen molar-refractivity contribution in [2.75, 3.05) is 10.6 Å². The number of carbonyl (C=O) groups is 2. The molecule has 6 nitrogen and oxygen atoms in total. The molecule has 150 valence electrons. The zero-order valence-corrected chi connectivity index (χ0v) is 17.7. The molecular weight excluding hydrogens is 416 g/mol. The third-order valence-electron chi connectivity index (χ3n) is 4.45. The maximum Gasteiger partial charge on any atom is 0.257 e. The molecule has 30 heavy (non-hydrogen) atoms. The summed E-state index contributed by atoms with van der Waals surface area (Å²) in [4.78, 5) is 28.5. The number of hydrogen-bond donors (Lipinski definition) is 3. The number of hydrogen-bond acceptors (Lipinski definition) is 5. The molecule has 0 saturated heterocycles. The van der Waals surface area contributed by atoms with E-state index in [-0.39, 0.29) is 16.9 Å². The van der Waals surface area contributed by atoms with E-state index < -0.39 is 0 Å². The van der Waals surface area contributed by atoms with Crippen LogP contribution in [0.5, 0.6) is 0 Å². The average Bonchev–Trinajstić information content (AvgIpc) is 3.14. The first-order valence-electron chi connectivity index (χ1n) is 9.33. The summed E-state index contributed by atoms with van der Waals surface area (Å²) < 4.78 is 0.898. The minimum absolute atomic E-state index is 0.0787. The van der Waals surface area contributed by atoms with E-state index in [1.54, 1.807) is 13.0 Å². The van der Waals surface area contributed by atoms with Gasteiger partial charge in [0.05, 0.1) is 10.2 Å². The zero-order valence-electron chi connectivity index (χ0n) is 16.1. The number of aromatic nitrogens is 1. The number of benzene rings is 3. The summed E-state index contributed by atoms with van der Waals surface area (Å²) in [6, 6.07) is 18.9. The highest BCUT2D eigenvalue weighted by Gasteiger charge is 2.11. The maximum atomic E-state index is 12.5. The van der Waals surface area contributed by atoms with Crippen LogP contribution in [-0.2, 0) is 4.79 Å². The van der Waals surface area contributed by atoms with Crippen molar-refractivity contribution in [3.8, 4) is 0 Å². The van der Waals surface area contributed by atoms with E-state index in [2.05, 4.69) is 20.9 Å². The van der Waals surface area contributed by atoms with Crippen LogP contribution in [0.4, 0.5) is 10.8 Å². The van der Waals surface area contributed by atoms with E-state index in [0.29, 0.717) is 17.1 Å². The highest BCUT2D eigenvalue weighted by atomic mass is 32.1. The number of anilines is 2. The third-order valence-corrected chi connectivity index (χ3v) is 5.59. The Morgan fingerprint density at radius 1 is 1.00 bits per heavy atom. The average molecular weight is 435 g/mol. The van der Waals surface area contributed by atoms with Gasteiger partial charge < -0.3 is 10.6 Å². The van der Waals surface area contributed by atoms with Gasteiger partial charge in [0.25, 0.3) is 5.91 Å². The summed E-state index contributed by atoms with van der Waals surface area (Å²) in [7, 11) is 0. The van der Waals surface area contributed by atoms with Crippen molar-refractivity contribution in [2.24, 2.45) is 0 Å². The Labute approximate surface area is 182 Å². The molecule has 3 N–H and O–H groups in total. The molecule has 0 aliphatic rings. The predicted molar refractivity (Wildman–Crippen MR) is 126 cm³/mol. The Kier molecular flexibility index (Phi) is 5.69. The molecule has 4 aromatic rings. The molecule has 8 heteroatoms. The van der Waals surface area contributed by atoms with Crippen molar-refractivity contribution in [1.82, 2.24) is 10.3 Å². The van der Waals surface area contributed by atoms with Crippen LogP contribution in [0.2, 0.25) is 0 Å². The molecule has 0 fully saturated rings. The van der Waals surface area contributed by atoms with Crippen molar-refractivity contribution in [3.05, 3.63) is 66.2 Å². The topological polar surface area (TPSA) is 83.1 Å². The molecule has 0 bridgehead atoms. The summed E-state index contributed by atoms with van der Waals surface area (Å²) in [5.74, 6) is -0.355. The summed E-state index contributed by atoms with van der Waals surface area (Å²) in [6.45, 7) is 1.79. The highest BCUT2D eigenvalue weighted by Crippen LogP contribution is 2.28. The minimum atomic E-state index is -0.276. The number of amides is 2. The maximum absolute atomic E-state index is 12.5. The van der Waals surface area contributed by atoms with E-state index in [1.165, 1.54) is 11.3 Å². The Balaban J connectivity index is 1.44. The Bertz CT molecular complexity index is 1280. The second-order valence-corrected chi connectivity index (χ2v) is 8.01. The van der Waals surface area contributed by atoms with Crippen molar-refractivity contribution >= 4 is 72.3 Å². The van der Waals surface area contributed by atoms with E-state index in [9.17, 15) is 9.59 Å². The summed E-state index contributed by atoms with van der Waals surface area (Å²) in [5, 5.41) is 11.3. The van der Waals surface area contributed by atoms with Gasteiger partial charge in [-0.05, 0) is 53.3 Å². The van der Waals surface area contributed by atoms with Gasteiger partial charge in [0.1, 0.15) is 0 Å². The molecule has 1 aromatic heterocycles. The fraction of sp³-hybridized carbons (Fsp3) is 0.0909. The van der Waals surface area contributed by atoms with E-state index >= 15 is 0 Å². The summed E-state index contributed by atoms with van der Waals surface area (Å²) in [5.41, 5.74) is 2.04. The molecule has 0 spiro atoms. The van der Waals surface area contributed by atoms with Crippen LogP contribution >= 0.6 is 23.6 Å². The zero-order chi connectivity index (χ0) is 21.1. The molecule has 3 aromatic carbocycles. The van der Waals surface area contributed by atoms with Gasteiger partial charge >= 0.3 is 0 Å². The van der Waals surface area contributed by atoms with Gasteiger partial charge in [-0.25, -0.2) is 4.98 Å². The number of rotatable bonds is 4. The Morgan fingerprint density at radius 2 is 1.80 bits per heavy atom. The second-order valence-electron chi connectivity index (χ2n) is 6.57. The lowest BCUT2D eigenvalue weighted by Crippen LogP contribution is -2.34. The van der Waals surface area contributed by atoms with Crippen molar-refractivity contribution in [3.63, 3.8) is 0 Å². The van der Waals surface area contributed by atoms with Crippen LogP contribution in [0, 0.1) is 0 Å². The van der Waals surface area contributed by atoms with E-state index in [0.717, 1.165) is 26.7 Å². The van der Waals surface area contributed by atoms with E-state index in [1.807, 2.05) is 54.6 Å². The van der Waals surface area contributed by atoms with Crippen LogP contribution < -0.4 is 16.0 Å². The largest absolute Gasteiger partial charge is 0.332 e. The fourth-order valence-corrected chi connectivity index (χ4v) is 4.06. The molecule has 0 aliphatic heterocycles. The first-order chi connectivity index (χ1) is 14.5. The summed E-state index contributed by atoms with van der Waals surface area (Å²) >= 11 is 6.68. The molecule has 0 unspecified atom stereocenters. The monoisotopic (exact) mass is 434 g/mol. The number of carbonyl (C=O) groups excluding carboxylic acids is 2. The van der Waals surface area contributed by atoms with Crippen LogP contribution in [0.25, 0.3) is 21.0 Å². The van der Waals surface area contributed by atoms with Crippen LogP contribution in [-0.4, -0.2) is 21.9 Å². The van der Waals surface area contributed by atoms with Gasteiger partial charge in [0.15, 0.2) is 10.2 Å². The lowest BCUT2D eigenvalue weighted by Gasteiger charge is -2.10. The minimum Gasteiger partial charge on any atom is -0.332 e. The lowest BCUT2D eigenvalue weighted by molar-refractivity contribution is -0.115. The van der Waals surface area contributed by atoms with Gasteiger partial charge in [-0.3, -0.25) is 14.9 Å². The van der Waals surface area contributed by atoms with Crippen LogP contribution in [0.15, 0.2) is 60.7 Å². The molecule has 0 aliphatic carbocycles. The molecule has 1 heterocycles. The summed E-state index contributed by atoms with van der Waals surface area (Å²) in [6.07, 6.45) is 0.397. The standard InChI is InChI=1S/C22H18N4O2S2/c1-2-19(27)25-22-24-17-10-9-16(12-18(17)30-22)23-21(29)26-20(28)15-8-7-13-5-3-4-6-14(13)11-15/h3-12H,2H2,1H3,(H,24,25,27)(H2,23,26,28,29). The Morgan fingerprint density at radius 3 is 2.60 bits per heavy atom. The normalized spacial score (nSPS) is 10.7. The van der Waals surface area contributed by atoms with Gasteiger partial charge in [-0.15, -0.1) is 0 Å². The lowest BCUT2D eigenvalue weighted by atomic mass is 10.1. The van der Waals surface area contributed by atoms with Crippen molar-refractivity contribution < 1.29 is 9.59 Å². The Hall–Kier alpha value is -3.36. The fourth-order valence-electron chi connectivity index (χ4n) is 2.93. The van der Waals surface area contributed by atoms with Crippen molar-refractivity contribution in [2.45, 2.75) is 13.3 Å². The number of nitrogens with one attached hydrogen (secondary N) is 3. The molecule has 0 radical (unpaired) electrons. The first kappa shape index (κ1) is 19.9. The molecule has 2 amide bonds. The van der Waals surface area contributed by atoms with Crippen molar-refractivity contribution in [1.29, 1.82) is 0 Å². The predicted octanol–water partition coefficient (Wildman–Crippen LogP) is 4.92. The molecule has 0 atom stereocenters. The molecular formula is C22H18N4O2S2. The van der Waals surface area contributed by atoms with Gasteiger partial charge in [0, 0.05) is 17.7 Å². The van der Waals surface area contributed by atoms with Gasteiger partial charge in [0.2, 0.25) is 5.91 Å². The third kappa shape index (κ3) is 4.45. The van der Waals surface area contributed by atoms with Gasteiger partial charge in [-0.1, -0.05) is 48.6 Å². The number of fused-ring (bicyclic) bond motifs is 2. The van der Waals surface area contributed by atoms with Crippen LogP contribution in [0.3, 0.4) is 0 Å². The number of thiocarbonyl (C=S) groups is 1. The highest BCUT2D eigenvalue weighted by molar-refractivity contribution is 7.80. The molecule has 4 rings (SSSR count). The number of thiazole rings is 1. The number of nitrogens with zero attached hydrogens (tertiary/aromatic N) is 1. The van der Waals surface area contributed by atoms with E-state index in [4.69, 9.17) is 12.2 Å². The molecule has 0 saturated carbocycles. The van der Waals surface area contributed by atoms with Crippen LogP contribution in [0.1, 0.15) is 23.7 Å².